The highest BCUT2D eigenvalue weighted by Gasteiger charge is 2.20. The van der Waals surface area contributed by atoms with E-state index in [1.807, 2.05) is 41.3 Å². The first kappa shape index (κ1) is 21.7. The van der Waals surface area contributed by atoms with Crippen LogP contribution in [0.2, 0.25) is 0 Å². The van der Waals surface area contributed by atoms with E-state index in [1.165, 1.54) is 5.56 Å². The molecule has 0 spiro atoms. The molecule has 0 unspecified atom stereocenters. The maximum absolute atomic E-state index is 12.4. The molecule has 7 heteroatoms. The molecule has 0 radical (unpaired) electrons. The van der Waals surface area contributed by atoms with Gasteiger partial charge in [-0.1, -0.05) is 55.4 Å². The van der Waals surface area contributed by atoms with E-state index < -0.39 is 0 Å². The van der Waals surface area contributed by atoms with Crippen LogP contribution in [0, 0.1) is 0 Å². The number of aromatic nitrogens is 2. The number of aryl methyl sites for hydroxylation is 1. The van der Waals surface area contributed by atoms with E-state index in [0.29, 0.717) is 37.0 Å². The molecule has 7 nitrogen and oxygen atoms in total. The lowest BCUT2D eigenvalue weighted by atomic mass is 10.0. The lowest BCUT2D eigenvalue weighted by Gasteiger charge is -2.16. The Morgan fingerprint density at radius 1 is 1.19 bits per heavy atom. The molecule has 1 aromatic heterocycles. The third-order valence-corrected chi connectivity index (χ3v) is 5.63. The molecule has 4 rings (SSSR count). The van der Waals surface area contributed by atoms with Crippen LogP contribution in [0.1, 0.15) is 56.0 Å². The second-order valence-corrected chi connectivity index (χ2v) is 8.46. The van der Waals surface area contributed by atoms with E-state index in [-0.39, 0.29) is 18.2 Å². The second-order valence-electron chi connectivity index (χ2n) is 8.46. The first-order valence-corrected chi connectivity index (χ1v) is 11.1. The Labute approximate surface area is 187 Å². The Morgan fingerprint density at radius 2 is 2.00 bits per heavy atom. The van der Waals surface area contributed by atoms with Crippen molar-refractivity contribution in [1.82, 2.24) is 15.0 Å². The molecule has 1 aliphatic heterocycles. The molecule has 1 N–H and O–H groups in total. The minimum absolute atomic E-state index is 0.125. The highest BCUT2D eigenvalue weighted by molar-refractivity contribution is 5.90. The van der Waals surface area contributed by atoms with Crippen LogP contribution in [0.15, 0.2) is 53.1 Å². The Hall–Kier alpha value is -3.48. The van der Waals surface area contributed by atoms with Crippen molar-refractivity contribution < 1.29 is 14.1 Å². The number of anilines is 1. The van der Waals surface area contributed by atoms with E-state index >= 15 is 0 Å². The van der Waals surface area contributed by atoms with Crippen LogP contribution in [-0.2, 0) is 22.6 Å². The van der Waals surface area contributed by atoms with Crippen molar-refractivity contribution in [3.05, 3.63) is 65.5 Å². The molecule has 2 heterocycles. The fourth-order valence-corrected chi connectivity index (χ4v) is 3.77. The van der Waals surface area contributed by atoms with Crippen LogP contribution in [0.25, 0.3) is 11.4 Å². The molecule has 1 saturated heterocycles. The summed E-state index contributed by atoms with van der Waals surface area (Å²) >= 11 is 0. The van der Waals surface area contributed by atoms with Crippen molar-refractivity contribution in [2.24, 2.45) is 0 Å². The zero-order chi connectivity index (χ0) is 22.5. The smallest absolute Gasteiger partial charge is 0.227 e. The number of nitrogens with one attached hydrogen (secondary N) is 1. The molecular formula is C25H28N4O3. The molecule has 0 bridgehead atoms. The van der Waals surface area contributed by atoms with Gasteiger partial charge in [-0.05, 0) is 35.6 Å². The van der Waals surface area contributed by atoms with Gasteiger partial charge in [-0.2, -0.15) is 4.98 Å². The predicted molar refractivity (Wildman–Crippen MR) is 122 cm³/mol. The SMILES string of the molecule is CC(C)c1ccc(-c2noc(CCC(=O)Nc3cccc(CN4CCCC4=O)c3)n2)cc1. The van der Waals surface area contributed by atoms with E-state index in [2.05, 4.69) is 41.4 Å². The molecular weight excluding hydrogens is 404 g/mol. The fraction of sp³-hybridized carbons (Fsp3) is 0.360. The lowest BCUT2D eigenvalue weighted by molar-refractivity contribution is -0.128. The van der Waals surface area contributed by atoms with Crippen molar-refractivity contribution in [3.63, 3.8) is 0 Å². The second kappa shape index (κ2) is 9.77. The van der Waals surface area contributed by atoms with E-state index in [4.69, 9.17) is 4.52 Å². The summed E-state index contributed by atoms with van der Waals surface area (Å²) in [6, 6.07) is 15.7. The minimum atomic E-state index is -0.125. The number of amides is 2. The van der Waals surface area contributed by atoms with Gasteiger partial charge >= 0.3 is 0 Å². The largest absolute Gasteiger partial charge is 0.339 e. The number of rotatable bonds is 8. The van der Waals surface area contributed by atoms with Crippen LogP contribution in [-0.4, -0.2) is 33.4 Å². The maximum Gasteiger partial charge on any atom is 0.227 e. The van der Waals surface area contributed by atoms with Crippen LogP contribution in [0.4, 0.5) is 5.69 Å². The number of carbonyl (C=O) groups excluding carboxylic acids is 2. The van der Waals surface area contributed by atoms with Crippen molar-refractivity contribution >= 4 is 17.5 Å². The van der Waals surface area contributed by atoms with Crippen molar-refractivity contribution in [3.8, 4) is 11.4 Å². The average Bonchev–Trinajstić information content (AvgIpc) is 3.42. The summed E-state index contributed by atoms with van der Waals surface area (Å²) in [7, 11) is 0. The van der Waals surface area contributed by atoms with Gasteiger partial charge in [-0.3, -0.25) is 9.59 Å². The van der Waals surface area contributed by atoms with Gasteiger partial charge in [0.25, 0.3) is 0 Å². The van der Waals surface area contributed by atoms with Gasteiger partial charge in [-0.15, -0.1) is 0 Å². The minimum Gasteiger partial charge on any atom is -0.339 e. The van der Waals surface area contributed by atoms with Gasteiger partial charge in [0, 0.05) is 43.6 Å². The number of hydrogen-bond donors (Lipinski definition) is 1. The summed E-state index contributed by atoms with van der Waals surface area (Å²) in [6.45, 7) is 5.67. The van der Waals surface area contributed by atoms with Gasteiger partial charge in [0.15, 0.2) is 0 Å². The maximum atomic E-state index is 12.4. The number of likely N-dealkylation sites (tertiary alicyclic amines) is 1. The quantitative estimate of drug-likeness (QED) is 0.564. The molecule has 2 amide bonds. The molecule has 1 aliphatic rings. The van der Waals surface area contributed by atoms with Gasteiger partial charge in [0.2, 0.25) is 23.5 Å². The van der Waals surface area contributed by atoms with Crippen LogP contribution in [0.5, 0.6) is 0 Å². The standard InChI is InChI=1S/C25H28N4O3/c1-17(2)19-8-10-20(11-9-19)25-27-23(32-28-25)13-12-22(30)26-21-6-3-5-18(15-21)16-29-14-4-7-24(29)31/h3,5-6,8-11,15,17H,4,7,12-14,16H2,1-2H3,(H,26,30). The summed E-state index contributed by atoms with van der Waals surface area (Å²) in [5, 5.41) is 6.95. The summed E-state index contributed by atoms with van der Waals surface area (Å²) in [5.41, 5.74) is 3.87. The first-order chi connectivity index (χ1) is 15.5. The molecule has 166 valence electrons. The van der Waals surface area contributed by atoms with Crippen molar-refractivity contribution in [2.75, 3.05) is 11.9 Å². The molecule has 3 aromatic rings. The van der Waals surface area contributed by atoms with Crippen molar-refractivity contribution in [2.45, 2.75) is 52.0 Å². The van der Waals surface area contributed by atoms with Crippen LogP contribution >= 0.6 is 0 Å². The summed E-state index contributed by atoms with van der Waals surface area (Å²) < 4.78 is 5.32. The fourth-order valence-electron chi connectivity index (χ4n) is 3.77. The molecule has 0 aliphatic carbocycles. The topological polar surface area (TPSA) is 88.3 Å². The number of carbonyl (C=O) groups is 2. The lowest BCUT2D eigenvalue weighted by Crippen LogP contribution is -2.23. The highest BCUT2D eigenvalue weighted by Crippen LogP contribution is 2.21. The Morgan fingerprint density at radius 3 is 2.72 bits per heavy atom. The monoisotopic (exact) mass is 432 g/mol. The number of benzene rings is 2. The summed E-state index contributed by atoms with van der Waals surface area (Å²) in [4.78, 5) is 30.5. The zero-order valence-corrected chi connectivity index (χ0v) is 18.5. The van der Waals surface area contributed by atoms with Gasteiger partial charge in [0.1, 0.15) is 0 Å². The molecule has 32 heavy (non-hydrogen) atoms. The Balaban J connectivity index is 1.30. The Bertz CT molecular complexity index is 1090. The molecule has 0 atom stereocenters. The average molecular weight is 433 g/mol. The normalized spacial score (nSPS) is 13.7. The summed E-state index contributed by atoms with van der Waals surface area (Å²) in [5.74, 6) is 1.49. The molecule has 0 saturated carbocycles. The molecule has 2 aromatic carbocycles. The number of nitrogens with zero attached hydrogens (tertiary/aromatic N) is 3. The van der Waals surface area contributed by atoms with Crippen LogP contribution in [0.3, 0.4) is 0 Å². The van der Waals surface area contributed by atoms with Gasteiger partial charge in [-0.25, -0.2) is 0 Å². The molecule has 1 fully saturated rings. The zero-order valence-electron chi connectivity index (χ0n) is 18.5. The predicted octanol–water partition coefficient (Wildman–Crippen LogP) is 4.55. The number of hydrogen-bond acceptors (Lipinski definition) is 5. The van der Waals surface area contributed by atoms with E-state index in [9.17, 15) is 9.59 Å². The van der Waals surface area contributed by atoms with Crippen LogP contribution < -0.4 is 5.32 Å². The first-order valence-electron chi connectivity index (χ1n) is 11.1. The van der Waals surface area contributed by atoms with E-state index in [0.717, 1.165) is 29.8 Å². The van der Waals surface area contributed by atoms with E-state index in [1.54, 1.807) is 0 Å². The highest BCUT2D eigenvalue weighted by atomic mass is 16.5. The third-order valence-electron chi connectivity index (χ3n) is 5.63. The van der Waals surface area contributed by atoms with Gasteiger partial charge < -0.3 is 14.7 Å². The Kier molecular flexibility index (Phi) is 6.63. The summed E-state index contributed by atoms with van der Waals surface area (Å²) in [6.07, 6.45) is 2.14. The van der Waals surface area contributed by atoms with Gasteiger partial charge in [0.05, 0.1) is 0 Å². The van der Waals surface area contributed by atoms with Crippen molar-refractivity contribution in [1.29, 1.82) is 0 Å². The third kappa shape index (κ3) is 5.41.